The first-order chi connectivity index (χ1) is 7.21. The van der Waals surface area contributed by atoms with E-state index in [0.717, 1.165) is 30.9 Å². The summed E-state index contributed by atoms with van der Waals surface area (Å²) in [4.78, 5) is 2.60. The molecule has 0 aromatic carbocycles. The third-order valence-corrected chi connectivity index (χ3v) is 3.41. The quantitative estimate of drug-likeness (QED) is 0.601. The average Bonchev–Trinajstić information content (AvgIpc) is 2.26. The van der Waals surface area contributed by atoms with Crippen molar-refractivity contribution < 1.29 is 4.74 Å². The van der Waals surface area contributed by atoms with Gasteiger partial charge < -0.3 is 4.74 Å². The van der Waals surface area contributed by atoms with Crippen LogP contribution in [0, 0.1) is 0 Å². The lowest BCUT2D eigenvalue weighted by Gasteiger charge is -2.35. The molecule has 0 saturated carbocycles. The number of ether oxygens (including phenoxy) is 1. The van der Waals surface area contributed by atoms with Gasteiger partial charge in [0.15, 0.2) is 0 Å². The van der Waals surface area contributed by atoms with Crippen molar-refractivity contribution in [1.29, 1.82) is 0 Å². The van der Waals surface area contributed by atoms with Crippen molar-refractivity contribution >= 4 is 15.9 Å². The molecule has 0 amide bonds. The molecular formula is C12H26BrNO. The molecule has 0 aliphatic rings. The fraction of sp³-hybridized carbons (Fsp3) is 1.00. The molecule has 0 N–H and O–H groups in total. The number of methoxy groups -OCH3 is 1. The van der Waals surface area contributed by atoms with Crippen LogP contribution in [-0.2, 0) is 4.74 Å². The van der Waals surface area contributed by atoms with Gasteiger partial charge in [-0.1, -0.05) is 29.8 Å². The van der Waals surface area contributed by atoms with Crippen LogP contribution in [0.5, 0.6) is 0 Å². The Labute approximate surface area is 103 Å². The van der Waals surface area contributed by atoms with Crippen LogP contribution in [0.1, 0.15) is 40.0 Å². The van der Waals surface area contributed by atoms with Crippen LogP contribution in [-0.4, -0.2) is 42.6 Å². The van der Waals surface area contributed by atoms with E-state index >= 15 is 0 Å². The molecule has 0 aliphatic heterocycles. The summed E-state index contributed by atoms with van der Waals surface area (Å²) in [6, 6.07) is 1.34. The SMILES string of the molecule is CCC(CC)N(CCBr)C(C)CCOC. The summed E-state index contributed by atoms with van der Waals surface area (Å²) >= 11 is 3.54. The maximum atomic E-state index is 5.15. The predicted molar refractivity (Wildman–Crippen MR) is 70.8 cm³/mol. The second-order valence-electron chi connectivity index (χ2n) is 4.03. The number of rotatable bonds is 9. The molecular weight excluding hydrogens is 254 g/mol. The minimum atomic E-state index is 0.618. The van der Waals surface area contributed by atoms with E-state index in [4.69, 9.17) is 4.74 Å². The van der Waals surface area contributed by atoms with Gasteiger partial charge in [0.2, 0.25) is 0 Å². The Bertz CT molecular complexity index is 140. The van der Waals surface area contributed by atoms with Crippen molar-refractivity contribution in [2.45, 2.75) is 52.1 Å². The van der Waals surface area contributed by atoms with E-state index in [0.29, 0.717) is 6.04 Å². The summed E-state index contributed by atoms with van der Waals surface area (Å²) in [5.74, 6) is 0. The Kier molecular flexibility index (Phi) is 9.87. The molecule has 0 bridgehead atoms. The van der Waals surface area contributed by atoms with Crippen molar-refractivity contribution in [3.8, 4) is 0 Å². The first-order valence-electron chi connectivity index (χ1n) is 6.01. The fourth-order valence-electron chi connectivity index (χ4n) is 2.07. The van der Waals surface area contributed by atoms with E-state index in [2.05, 4.69) is 41.6 Å². The van der Waals surface area contributed by atoms with E-state index in [1.54, 1.807) is 7.11 Å². The molecule has 0 rings (SSSR count). The highest BCUT2D eigenvalue weighted by molar-refractivity contribution is 9.09. The first-order valence-corrected chi connectivity index (χ1v) is 7.13. The molecule has 15 heavy (non-hydrogen) atoms. The van der Waals surface area contributed by atoms with Gasteiger partial charge in [-0.05, 0) is 26.2 Å². The monoisotopic (exact) mass is 279 g/mol. The Hall–Kier alpha value is 0.400. The normalized spacial score (nSPS) is 13.8. The van der Waals surface area contributed by atoms with Crippen LogP contribution in [0.15, 0.2) is 0 Å². The minimum Gasteiger partial charge on any atom is -0.385 e. The van der Waals surface area contributed by atoms with E-state index in [-0.39, 0.29) is 0 Å². The molecule has 0 saturated heterocycles. The fourth-order valence-corrected chi connectivity index (χ4v) is 2.48. The van der Waals surface area contributed by atoms with Gasteiger partial charge in [0.1, 0.15) is 0 Å². The van der Waals surface area contributed by atoms with Crippen molar-refractivity contribution in [3.63, 3.8) is 0 Å². The van der Waals surface area contributed by atoms with Gasteiger partial charge >= 0.3 is 0 Å². The summed E-state index contributed by atoms with van der Waals surface area (Å²) in [6.45, 7) is 8.86. The minimum absolute atomic E-state index is 0.618. The van der Waals surface area contributed by atoms with Crippen LogP contribution in [0.25, 0.3) is 0 Å². The van der Waals surface area contributed by atoms with E-state index in [1.165, 1.54) is 12.8 Å². The third-order valence-electron chi connectivity index (χ3n) is 3.06. The summed E-state index contributed by atoms with van der Waals surface area (Å²) in [5.41, 5.74) is 0. The summed E-state index contributed by atoms with van der Waals surface area (Å²) in [7, 11) is 1.78. The van der Waals surface area contributed by atoms with Gasteiger partial charge in [-0.3, -0.25) is 4.90 Å². The van der Waals surface area contributed by atoms with Crippen molar-refractivity contribution in [1.82, 2.24) is 4.90 Å². The lowest BCUT2D eigenvalue weighted by atomic mass is 10.1. The summed E-state index contributed by atoms with van der Waals surface area (Å²) in [5, 5.41) is 1.06. The molecule has 3 heteroatoms. The molecule has 0 heterocycles. The second-order valence-corrected chi connectivity index (χ2v) is 4.82. The standard InChI is InChI=1S/C12H26BrNO/c1-5-12(6-2)14(9-8-13)11(3)7-10-15-4/h11-12H,5-10H2,1-4H3. The largest absolute Gasteiger partial charge is 0.385 e. The number of hydrogen-bond acceptors (Lipinski definition) is 2. The summed E-state index contributed by atoms with van der Waals surface area (Å²) < 4.78 is 5.15. The van der Waals surface area contributed by atoms with Gasteiger partial charge in [-0.15, -0.1) is 0 Å². The Morgan fingerprint density at radius 1 is 1.27 bits per heavy atom. The van der Waals surface area contributed by atoms with Gasteiger partial charge in [0.05, 0.1) is 0 Å². The molecule has 0 aromatic heterocycles. The van der Waals surface area contributed by atoms with Gasteiger partial charge in [-0.25, -0.2) is 0 Å². The van der Waals surface area contributed by atoms with Crippen LogP contribution < -0.4 is 0 Å². The Balaban J connectivity index is 4.20. The summed E-state index contributed by atoms with van der Waals surface area (Å²) in [6.07, 6.45) is 3.60. The number of halogens is 1. The zero-order valence-corrected chi connectivity index (χ0v) is 12.2. The average molecular weight is 280 g/mol. The van der Waals surface area contributed by atoms with Crippen LogP contribution in [0.3, 0.4) is 0 Å². The molecule has 0 spiro atoms. The molecule has 2 nitrogen and oxygen atoms in total. The highest BCUT2D eigenvalue weighted by Crippen LogP contribution is 2.15. The predicted octanol–water partition coefficient (Wildman–Crippen LogP) is 3.30. The maximum absolute atomic E-state index is 5.15. The van der Waals surface area contributed by atoms with E-state index in [9.17, 15) is 0 Å². The van der Waals surface area contributed by atoms with Crippen molar-refractivity contribution in [2.75, 3.05) is 25.6 Å². The van der Waals surface area contributed by atoms with Gasteiger partial charge in [-0.2, -0.15) is 0 Å². The van der Waals surface area contributed by atoms with Gasteiger partial charge in [0, 0.05) is 37.7 Å². The highest BCUT2D eigenvalue weighted by Gasteiger charge is 2.19. The Morgan fingerprint density at radius 2 is 1.87 bits per heavy atom. The van der Waals surface area contributed by atoms with Crippen LogP contribution in [0.2, 0.25) is 0 Å². The third kappa shape index (κ3) is 5.88. The number of hydrogen-bond donors (Lipinski definition) is 0. The van der Waals surface area contributed by atoms with Crippen LogP contribution in [0.4, 0.5) is 0 Å². The van der Waals surface area contributed by atoms with Crippen molar-refractivity contribution in [2.24, 2.45) is 0 Å². The molecule has 92 valence electrons. The number of alkyl halides is 1. The topological polar surface area (TPSA) is 12.5 Å². The molecule has 1 unspecified atom stereocenters. The lowest BCUT2D eigenvalue weighted by Crippen LogP contribution is -2.43. The molecule has 1 atom stereocenters. The van der Waals surface area contributed by atoms with Crippen molar-refractivity contribution in [3.05, 3.63) is 0 Å². The van der Waals surface area contributed by atoms with E-state index < -0.39 is 0 Å². The zero-order valence-electron chi connectivity index (χ0n) is 10.6. The molecule has 0 aliphatic carbocycles. The zero-order chi connectivity index (χ0) is 11.7. The first kappa shape index (κ1) is 15.4. The molecule has 0 radical (unpaired) electrons. The lowest BCUT2D eigenvalue weighted by molar-refractivity contribution is 0.106. The van der Waals surface area contributed by atoms with E-state index in [1.807, 2.05) is 0 Å². The maximum Gasteiger partial charge on any atom is 0.0477 e. The van der Waals surface area contributed by atoms with Gasteiger partial charge in [0.25, 0.3) is 0 Å². The number of nitrogens with zero attached hydrogens (tertiary/aromatic N) is 1. The second kappa shape index (κ2) is 9.61. The highest BCUT2D eigenvalue weighted by atomic mass is 79.9. The molecule has 0 aromatic rings. The van der Waals surface area contributed by atoms with Crippen LogP contribution >= 0.6 is 15.9 Å². The Morgan fingerprint density at radius 3 is 2.27 bits per heavy atom. The molecule has 0 fully saturated rings. The smallest absolute Gasteiger partial charge is 0.0477 e.